The topological polar surface area (TPSA) is 61.8 Å². The van der Waals surface area contributed by atoms with Crippen molar-refractivity contribution in [1.82, 2.24) is 10.2 Å². The first-order chi connectivity index (χ1) is 13.1. The lowest BCUT2D eigenvalue weighted by molar-refractivity contribution is -0.0432. The highest BCUT2D eigenvalue weighted by molar-refractivity contribution is 5.87. The van der Waals surface area contributed by atoms with E-state index in [1.807, 2.05) is 12.1 Å². The Bertz CT molecular complexity index is 652. The van der Waals surface area contributed by atoms with E-state index in [9.17, 15) is 4.79 Å². The molecule has 148 valence electrons. The predicted molar refractivity (Wildman–Crippen MR) is 105 cm³/mol. The summed E-state index contributed by atoms with van der Waals surface area (Å²) in [6.45, 7) is 6.39. The standard InChI is InChI=1S/C22H32N2O3/c1-2-17-13-20(17)23-19-14-22(27-15-19)8-11-24(12-9-22)10-7-16-3-5-18(6-4-16)21(25)26/h3-6,17,19-20,23H,2,7-15H2,1H3,(H,25,26)/t17-,19?,20-/m1/s1. The third-order valence-electron chi connectivity index (χ3n) is 6.79. The number of nitrogens with one attached hydrogen (secondary N) is 1. The summed E-state index contributed by atoms with van der Waals surface area (Å²) in [5.41, 5.74) is 1.67. The van der Waals surface area contributed by atoms with Crippen molar-refractivity contribution in [2.45, 2.75) is 63.1 Å². The zero-order valence-electron chi connectivity index (χ0n) is 16.3. The van der Waals surface area contributed by atoms with Crippen molar-refractivity contribution in [2.75, 3.05) is 26.2 Å². The van der Waals surface area contributed by atoms with Crippen LogP contribution in [0, 0.1) is 5.92 Å². The number of benzene rings is 1. The number of hydrogen-bond acceptors (Lipinski definition) is 4. The van der Waals surface area contributed by atoms with Gasteiger partial charge in [0.2, 0.25) is 0 Å². The van der Waals surface area contributed by atoms with E-state index in [1.165, 1.54) is 24.8 Å². The molecule has 1 aromatic carbocycles. The molecule has 0 amide bonds. The molecule has 3 fully saturated rings. The Balaban J connectivity index is 1.19. The normalized spacial score (nSPS) is 29.9. The maximum absolute atomic E-state index is 10.9. The summed E-state index contributed by atoms with van der Waals surface area (Å²) in [7, 11) is 0. The van der Waals surface area contributed by atoms with Crippen molar-refractivity contribution in [2.24, 2.45) is 5.92 Å². The van der Waals surface area contributed by atoms with Gasteiger partial charge in [0.05, 0.1) is 17.8 Å². The van der Waals surface area contributed by atoms with Crippen LogP contribution in [0.15, 0.2) is 24.3 Å². The molecule has 5 heteroatoms. The molecule has 27 heavy (non-hydrogen) atoms. The molecule has 1 spiro atoms. The van der Waals surface area contributed by atoms with E-state index in [-0.39, 0.29) is 5.60 Å². The van der Waals surface area contributed by atoms with Gasteiger partial charge in [0, 0.05) is 31.7 Å². The minimum absolute atomic E-state index is 0.105. The average molecular weight is 373 g/mol. The van der Waals surface area contributed by atoms with Crippen molar-refractivity contribution in [1.29, 1.82) is 0 Å². The Morgan fingerprint density at radius 1 is 1.30 bits per heavy atom. The molecule has 0 radical (unpaired) electrons. The Kier molecular flexibility index (Phi) is 5.53. The predicted octanol–water partition coefficient (Wildman–Crippen LogP) is 2.94. The van der Waals surface area contributed by atoms with E-state index in [4.69, 9.17) is 9.84 Å². The minimum Gasteiger partial charge on any atom is -0.478 e. The molecule has 5 nitrogen and oxygen atoms in total. The summed E-state index contributed by atoms with van der Waals surface area (Å²) < 4.78 is 6.29. The number of carboxylic acid groups (broad SMARTS) is 1. The Labute approximate surface area is 162 Å². The fourth-order valence-corrected chi connectivity index (χ4v) is 4.79. The summed E-state index contributed by atoms with van der Waals surface area (Å²) in [5, 5.41) is 12.8. The van der Waals surface area contributed by atoms with Gasteiger partial charge in [-0.25, -0.2) is 4.79 Å². The quantitative estimate of drug-likeness (QED) is 0.771. The molecule has 2 aliphatic heterocycles. The summed E-state index contributed by atoms with van der Waals surface area (Å²) >= 11 is 0. The molecule has 2 N–H and O–H groups in total. The maximum Gasteiger partial charge on any atom is 0.335 e. The van der Waals surface area contributed by atoms with Crippen LogP contribution in [0.25, 0.3) is 0 Å². The van der Waals surface area contributed by atoms with Gasteiger partial charge in [-0.15, -0.1) is 0 Å². The van der Waals surface area contributed by atoms with Crippen molar-refractivity contribution in [3.05, 3.63) is 35.4 Å². The lowest BCUT2D eigenvalue weighted by Gasteiger charge is -2.38. The smallest absolute Gasteiger partial charge is 0.335 e. The number of carbonyl (C=O) groups is 1. The molecule has 2 heterocycles. The lowest BCUT2D eigenvalue weighted by Crippen LogP contribution is -2.45. The van der Waals surface area contributed by atoms with Gasteiger partial charge < -0.3 is 20.1 Å². The van der Waals surface area contributed by atoms with Crippen LogP contribution >= 0.6 is 0 Å². The highest BCUT2D eigenvalue weighted by atomic mass is 16.5. The van der Waals surface area contributed by atoms with Crippen molar-refractivity contribution < 1.29 is 14.6 Å². The van der Waals surface area contributed by atoms with E-state index >= 15 is 0 Å². The Morgan fingerprint density at radius 3 is 2.67 bits per heavy atom. The molecule has 3 atom stereocenters. The van der Waals surface area contributed by atoms with E-state index in [0.717, 1.165) is 57.5 Å². The van der Waals surface area contributed by atoms with Crippen molar-refractivity contribution in [3.63, 3.8) is 0 Å². The van der Waals surface area contributed by atoms with Crippen LogP contribution in [0.3, 0.4) is 0 Å². The zero-order chi connectivity index (χ0) is 18.9. The number of carboxylic acids is 1. The van der Waals surface area contributed by atoms with Gasteiger partial charge in [-0.05, 0) is 55.7 Å². The van der Waals surface area contributed by atoms with Crippen LogP contribution < -0.4 is 5.32 Å². The molecule has 1 aliphatic carbocycles. The van der Waals surface area contributed by atoms with E-state index in [0.29, 0.717) is 11.6 Å². The van der Waals surface area contributed by atoms with Crippen LogP contribution in [-0.2, 0) is 11.2 Å². The average Bonchev–Trinajstić information content (AvgIpc) is 3.33. The largest absolute Gasteiger partial charge is 0.478 e. The van der Waals surface area contributed by atoms with Crippen LogP contribution in [0.1, 0.15) is 54.9 Å². The third kappa shape index (κ3) is 4.53. The van der Waals surface area contributed by atoms with E-state index in [2.05, 4.69) is 17.1 Å². The van der Waals surface area contributed by atoms with Crippen LogP contribution in [0.2, 0.25) is 0 Å². The highest BCUT2D eigenvalue weighted by Gasteiger charge is 2.45. The summed E-state index contributed by atoms with van der Waals surface area (Å²) in [6.07, 6.45) is 7.05. The number of ether oxygens (including phenoxy) is 1. The van der Waals surface area contributed by atoms with Gasteiger partial charge in [0.15, 0.2) is 0 Å². The van der Waals surface area contributed by atoms with Gasteiger partial charge >= 0.3 is 5.97 Å². The second-order valence-corrected chi connectivity index (χ2v) is 8.67. The SMILES string of the molecule is CC[C@@H]1C[C@H]1NC1COC2(CCN(CCc3ccc(C(=O)O)cc3)CC2)C1. The van der Waals surface area contributed by atoms with Gasteiger partial charge in [0.1, 0.15) is 0 Å². The number of rotatable bonds is 7. The molecule has 1 aromatic rings. The first-order valence-corrected chi connectivity index (χ1v) is 10.5. The molecular formula is C22H32N2O3. The summed E-state index contributed by atoms with van der Waals surface area (Å²) in [5.74, 6) is 0.0344. The summed E-state index contributed by atoms with van der Waals surface area (Å²) in [4.78, 5) is 13.5. The molecule has 0 bridgehead atoms. The third-order valence-corrected chi connectivity index (χ3v) is 6.79. The molecule has 3 aliphatic rings. The first-order valence-electron chi connectivity index (χ1n) is 10.5. The van der Waals surface area contributed by atoms with E-state index in [1.54, 1.807) is 12.1 Å². The Hall–Kier alpha value is -1.43. The number of nitrogens with zero attached hydrogens (tertiary/aromatic N) is 1. The van der Waals surface area contributed by atoms with Crippen molar-refractivity contribution >= 4 is 5.97 Å². The molecule has 2 saturated heterocycles. The highest BCUT2D eigenvalue weighted by Crippen LogP contribution is 2.39. The molecular weight excluding hydrogens is 340 g/mol. The van der Waals surface area contributed by atoms with E-state index < -0.39 is 5.97 Å². The van der Waals surface area contributed by atoms with Crippen LogP contribution in [-0.4, -0.2) is 59.9 Å². The van der Waals surface area contributed by atoms with Crippen molar-refractivity contribution in [3.8, 4) is 0 Å². The lowest BCUT2D eigenvalue weighted by atomic mass is 9.87. The fourth-order valence-electron chi connectivity index (χ4n) is 4.79. The van der Waals surface area contributed by atoms with Crippen LogP contribution in [0.5, 0.6) is 0 Å². The fraction of sp³-hybridized carbons (Fsp3) is 0.682. The zero-order valence-corrected chi connectivity index (χ0v) is 16.3. The van der Waals surface area contributed by atoms with Gasteiger partial charge in [0.25, 0.3) is 0 Å². The number of aromatic carboxylic acids is 1. The number of hydrogen-bond donors (Lipinski definition) is 2. The molecule has 1 saturated carbocycles. The van der Waals surface area contributed by atoms with Gasteiger partial charge in [-0.3, -0.25) is 0 Å². The molecule has 1 unspecified atom stereocenters. The second kappa shape index (κ2) is 7.90. The summed E-state index contributed by atoms with van der Waals surface area (Å²) in [6, 6.07) is 8.56. The maximum atomic E-state index is 10.9. The molecule has 4 rings (SSSR count). The molecule has 0 aromatic heterocycles. The monoisotopic (exact) mass is 372 g/mol. The number of likely N-dealkylation sites (tertiary alicyclic amines) is 1. The first kappa shape index (κ1) is 18.9. The Morgan fingerprint density at radius 2 is 2.04 bits per heavy atom. The van der Waals surface area contributed by atoms with Gasteiger partial charge in [-0.1, -0.05) is 25.5 Å². The minimum atomic E-state index is -0.862. The number of piperidine rings is 1. The second-order valence-electron chi connectivity index (χ2n) is 8.67. The van der Waals surface area contributed by atoms with Gasteiger partial charge in [-0.2, -0.15) is 0 Å². The van der Waals surface area contributed by atoms with Crippen LogP contribution in [0.4, 0.5) is 0 Å².